The molecule has 0 atom stereocenters. The summed E-state index contributed by atoms with van der Waals surface area (Å²) in [6.07, 6.45) is -6.94. The summed E-state index contributed by atoms with van der Waals surface area (Å²) in [4.78, 5) is 0. The van der Waals surface area contributed by atoms with Gasteiger partial charge in [-0.05, 0) is 76.9 Å². The molecule has 0 fully saturated rings. The molecule has 6 aromatic rings. The molecule has 290 valence electrons. The first kappa shape index (κ1) is 40.3. The van der Waals surface area contributed by atoms with Crippen LogP contribution in [0.15, 0.2) is 106 Å². The van der Waals surface area contributed by atoms with Gasteiger partial charge in [0.15, 0.2) is 17.4 Å². The Morgan fingerprint density at radius 3 is 1.56 bits per heavy atom. The lowest BCUT2D eigenvalue weighted by Crippen LogP contribution is -2.18. The fraction of sp³-hybridized carbons (Fsp3) is 0.0789. The van der Waals surface area contributed by atoms with E-state index in [1.807, 2.05) is 12.1 Å². The number of rotatable bonds is 6. The number of nitrogens with two attached hydrogens (primary N) is 2. The van der Waals surface area contributed by atoms with Crippen LogP contribution < -0.4 is 11.5 Å². The summed E-state index contributed by atoms with van der Waals surface area (Å²) in [5.41, 5.74) is 10.1. The van der Waals surface area contributed by atoms with E-state index >= 15 is 0 Å². The van der Waals surface area contributed by atoms with E-state index in [-0.39, 0.29) is 67.5 Å². The zero-order valence-electron chi connectivity index (χ0n) is 29.0. The van der Waals surface area contributed by atoms with E-state index in [1.54, 1.807) is 0 Å². The quantitative estimate of drug-likeness (QED) is 0.0315. The van der Waals surface area contributed by atoms with Crippen LogP contribution in [0.2, 0.25) is 0 Å². The van der Waals surface area contributed by atoms with E-state index in [0.29, 0.717) is 11.1 Å². The van der Waals surface area contributed by atoms with Crippen LogP contribution in [0.1, 0.15) is 33.4 Å². The number of hydrogen-bond acceptors (Lipinski definition) is 10. The molecule has 0 spiro atoms. The van der Waals surface area contributed by atoms with Crippen LogP contribution in [0.4, 0.5) is 26.3 Å². The van der Waals surface area contributed by atoms with Crippen molar-refractivity contribution in [3.05, 3.63) is 125 Å². The molecule has 0 aliphatic carbocycles. The third-order valence-corrected chi connectivity index (χ3v) is 8.36. The van der Waals surface area contributed by atoms with E-state index in [2.05, 4.69) is 15.4 Å². The van der Waals surface area contributed by atoms with Crippen LogP contribution in [-0.4, -0.2) is 42.1 Å². The van der Waals surface area contributed by atoms with E-state index in [1.165, 1.54) is 78.8 Å². The maximum Gasteiger partial charge on any atom is 0.416 e. The van der Waals surface area contributed by atoms with Gasteiger partial charge in [-0.2, -0.15) is 42.0 Å². The van der Waals surface area contributed by atoms with Gasteiger partial charge in [0.25, 0.3) is 0 Å². The molecule has 13 nitrogen and oxygen atoms in total. The number of nitrogens with zero attached hydrogens (tertiary/aromatic N) is 6. The monoisotopic (exact) mass is 788 g/mol. The minimum absolute atomic E-state index is 0.0269. The highest BCUT2D eigenvalue weighted by Gasteiger charge is 2.35. The number of furan rings is 1. The number of phenolic OH excluding ortho intramolecular Hbond substituents is 2. The Balaban J connectivity index is 0.000000218. The number of halogens is 6. The molecule has 0 saturated carbocycles. The number of amidine groups is 2. The summed E-state index contributed by atoms with van der Waals surface area (Å²) in [5.74, 6) is -1.32. The maximum atomic E-state index is 13.5. The minimum atomic E-state index is -4.71. The normalized spacial score (nSPS) is 12.0. The molecule has 6 rings (SSSR count). The summed E-state index contributed by atoms with van der Waals surface area (Å²) < 4.78 is 87.7. The lowest BCUT2D eigenvalue weighted by molar-refractivity contribution is -0.138. The Hall–Kier alpha value is -7.93. The van der Waals surface area contributed by atoms with Crippen molar-refractivity contribution in [3.63, 3.8) is 0 Å². The first-order chi connectivity index (χ1) is 26.9. The van der Waals surface area contributed by atoms with Gasteiger partial charge in [0.1, 0.15) is 23.6 Å². The number of aryl methyl sites for hydroxylation is 1. The summed E-state index contributed by atoms with van der Waals surface area (Å²) in [6, 6.07) is 19.3. The molecule has 8 N–H and O–H groups in total. The Kier molecular flexibility index (Phi) is 11.2. The number of oxime groups is 2. The van der Waals surface area contributed by atoms with Gasteiger partial charge in [-0.15, -0.1) is 0 Å². The van der Waals surface area contributed by atoms with Crippen molar-refractivity contribution in [2.75, 3.05) is 0 Å². The Labute approximate surface area is 317 Å². The highest BCUT2D eigenvalue weighted by Crippen LogP contribution is 2.43. The van der Waals surface area contributed by atoms with Gasteiger partial charge in [-0.25, -0.2) is 0 Å². The number of nitriles is 2. The minimum Gasteiger partial charge on any atom is -0.508 e. The largest absolute Gasteiger partial charge is 0.508 e. The molecule has 2 aromatic heterocycles. The number of hydrogen-bond donors (Lipinski definition) is 6. The van der Waals surface area contributed by atoms with Crippen LogP contribution in [0, 0.1) is 22.7 Å². The van der Waals surface area contributed by atoms with Gasteiger partial charge in [-0.1, -0.05) is 34.6 Å². The van der Waals surface area contributed by atoms with E-state index in [0.717, 1.165) is 24.3 Å². The molecule has 2 heterocycles. The number of phenols is 2. The molecule has 0 bridgehead atoms. The van der Waals surface area contributed by atoms with Gasteiger partial charge in [0.2, 0.25) is 0 Å². The van der Waals surface area contributed by atoms with Crippen molar-refractivity contribution in [3.8, 4) is 68.5 Å². The predicted molar refractivity (Wildman–Crippen MR) is 191 cm³/mol. The standard InChI is InChI=1S/C19H14F3N5O2.C19H12F3N3O3/c1-27-17(11(8-23)9-25-27)16-14(10-2-4-13(28)5-3-10)6-12(19(20,21)22)7-15(16)18(24)26-29;20-19(21,22)12-7-14(10-1-3-13(26)4-2-10)16(15(8-12)18(24)25-27)17-11(9-23)5-6-28-17/h2-7,9,28-29H,1H3,(H2,24,26);1-8,26-27H,(H2,24,25). The van der Waals surface area contributed by atoms with Gasteiger partial charge in [0, 0.05) is 29.3 Å². The molecule has 0 saturated heterocycles. The second kappa shape index (κ2) is 15.8. The predicted octanol–water partition coefficient (Wildman–Crippen LogP) is 7.75. The van der Waals surface area contributed by atoms with Crippen LogP contribution >= 0.6 is 0 Å². The average molecular weight is 789 g/mol. The number of benzene rings is 4. The van der Waals surface area contributed by atoms with Crippen molar-refractivity contribution in [1.82, 2.24) is 9.78 Å². The SMILES string of the molecule is Cn1ncc(C#N)c1-c1c(C(N)=NO)cc(C(F)(F)F)cc1-c1ccc(O)cc1.N#Cc1ccoc1-c1c(C(N)=NO)cc(C(F)(F)F)cc1-c1ccc(O)cc1. The van der Waals surface area contributed by atoms with Gasteiger partial charge >= 0.3 is 12.4 Å². The third-order valence-electron chi connectivity index (χ3n) is 8.36. The van der Waals surface area contributed by atoms with E-state index in [4.69, 9.17) is 26.3 Å². The van der Waals surface area contributed by atoms with Gasteiger partial charge in [0.05, 0.1) is 40.4 Å². The summed E-state index contributed by atoms with van der Waals surface area (Å²) in [5, 5.41) is 65.7. The average Bonchev–Trinajstić information content (AvgIpc) is 3.82. The fourth-order valence-corrected chi connectivity index (χ4v) is 5.77. The number of alkyl halides is 6. The zero-order valence-corrected chi connectivity index (χ0v) is 29.0. The fourth-order valence-electron chi connectivity index (χ4n) is 5.77. The summed E-state index contributed by atoms with van der Waals surface area (Å²) in [7, 11) is 1.52. The Morgan fingerprint density at radius 2 is 1.14 bits per heavy atom. The smallest absolute Gasteiger partial charge is 0.416 e. The summed E-state index contributed by atoms with van der Waals surface area (Å²) in [6.45, 7) is 0. The van der Waals surface area contributed by atoms with Gasteiger partial charge in [-0.3, -0.25) is 4.68 Å². The second-order valence-electron chi connectivity index (χ2n) is 11.9. The van der Waals surface area contributed by atoms with Crippen LogP contribution in [-0.2, 0) is 19.4 Å². The number of aromatic hydroxyl groups is 2. The Bertz CT molecular complexity index is 2600. The zero-order chi connectivity index (χ0) is 41.8. The molecule has 4 aromatic carbocycles. The van der Waals surface area contributed by atoms with Crippen LogP contribution in [0.25, 0.3) is 44.8 Å². The van der Waals surface area contributed by atoms with Crippen molar-refractivity contribution < 1.29 is 51.4 Å². The van der Waals surface area contributed by atoms with Gasteiger partial charge < -0.3 is 36.5 Å². The highest BCUT2D eigenvalue weighted by atomic mass is 19.4. The van der Waals surface area contributed by atoms with Crippen molar-refractivity contribution in [1.29, 1.82) is 10.5 Å². The lowest BCUT2D eigenvalue weighted by Gasteiger charge is -2.19. The highest BCUT2D eigenvalue weighted by molar-refractivity contribution is 6.08. The molecule has 0 radical (unpaired) electrons. The first-order valence-corrected chi connectivity index (χ1v) is 15.9. The molecule has 57 heavy (non-hydrogen) atoms. The van der Waals surface area contributed by atoms with Crippen molar-refractivity contribution in [2.45, 2.75) is 12.4 Å². The molecule has 0 aliphatic heterocycles. The molecule has 0 aliphatic rings. The van der Waals surface area contributed by atoms with Crippen molar-refractivity contribution in [2.24, 2.45) is 28.8 Å². The summed E-state index contributed by atoms with van der Waals surface area (Å²) >= 11 is 0. The third kappa shape index (κ3) is 8.27. The molecule has 0 unspecified atom stereocenters. The molecule has 19 heteroatoms. The van der Waals surface area contributed by atoms with E-state index < -0.39 is 35.2 Å². The van der Waals surface area contributed by atoms with Crippen molar-refractivity contribution >= 4 is 11.7 Å². The Morgan fingerprint density at radius 1 is 0.702 bits per heavy atom. The van der Waals surface area contributed by atoms with Crippen LogP contribution in [0.5, 0.6) is 11.5 Å². The second-order valence-corrected chi connectivity index (χ2v) is 11.9. The molecular weight excluding hydrogens is 762 g/mol. The first-order valence-electron chi connectivity index (χ1n) is 15.9. The lowest BCUT2D eigenvalue weighted by atomic mass is 9.89. The topological polar surface area (TPSA) is 236 Å². The maximum absolute atomic E-state index is 13.5. The molecule has 0 amide bonds. The number of aromatic nitrogens is 2. The van der Waals surface area contributed by atoms with Crippen LogP contribution in [0.3, 0.4) is 0 Å². The van der Waals surface area contributed by atoms with E-state index in [9.17, 15) is 47.1 Å². The molecular formula is C38H26F6N8O5.